The molecule has 0 aliphatic heterocycles. The quantitative estimate of drug-likeness (QED) is 0.634. The van der Waals surface area contributed by atoms with E-state index in [1.807, 2.05) is 6.08 Å². The fraction of sp³-hybridized carbons (Fsp3) is 0.600. The van der Waals surface area contributed by atoms with Gasteiger partial charge in [-0.15, -0.1) is 0 Å². The van der Waals surface area contributed by atoms with Gasteiger partial charge in [0.2, 0.25) is 0 Å². The summed E-state index contributed by atoms with van der Waals surface area (Å²) in [6.07, 6.45) is -1.74. The van der Waals surface area contributed by atoms with Crippen molar-refractivity contribution in [3.05, 3.63) is 12.2 Å². The zero-order valence-corrected chi connectivity index (χ0v) is 9.03. The number of allylic oxidation sites excluding steroid dienone is 2. The van der Waals surface area contributed by atoms with E-state index in [9.17, 15) is 13.2 Å². The first kappa shape index (κ1) is 12.5. The third-order valence-electron chi connectivity index (χ3n) is 0.507. The fourth-order valence-corrected chi connectivity index (χ4v) is 0.218. The molecule has 0 aromatic carbocycles. The van der Waals surface area contributed by atoms with Gasteiger partial charge in [0.25, 0.3) is 0 Å². The summed E-state index contributed by atoms with van der Waals surface area (Å²) in [5.41, 5.74) is 0. The van der Waals surface area contributed by atoms with Gasteiger partial charge < -0.3 is 6.08 Å². The molecule has 0 atom stereocenters. The summed E-state index contributed by atoms with van der Waals surface area (Å²) in [7, 11) is 0. The van der Waals surface area contributed by atoms with Crippen LogP contribution in [0.3, 0.4) is 0 Å². The van der Waals surface area contributed by atoms with Gasteiger partial charge in [0.15, 0.2) is 0 Å². The fourth-order valence-electron chi connectivity index (χ4n) is 0.218. The standard InChI is InChI=1S/C5H6F3.Th/c1-2-3-4-5(6,7)8;/h2H,4H2,1H3;/q-1;. The van der Waals surface area contributed by atoms with Gasteiger partial charge in [-0.05, 0) is 0 Å². The Labute approximate surface area is 84.2 Å². The van der Waals surface area contributed by atoms with Crippen molar-refractivity contribution < 1.29 is 53.1 Å². The minimum atomic E-state index is -4.09. The van der Waals surface area contributed by atoms with Crippen LogP contribution in [-0.2, 0) is 0 Å². The number of rotatable bonds is 1. The maximum absolute atomic E-state index is 11.2. The van der Waals surface area contributed by atoms with Crippen LogP contribution in [0, 0.1) is 46.0 Å². The molecule has 0 saturated heterocycles. The molecule has 4 heteroatoms. The molecule has 0 saturated carbocycles. The topological polar surface area (TPSA) is 0 Å². The summed E-state index contributed by atoms with van der Waals surface area (Å²) in [5, 5.41) is 0. The Bertz CT molecular complexity index is 84.7. The Morgan fingerprint density at radius 2 is 1.89 bits per heavy atom. The van der Waals surface area contributed by atoms with E-state index in [4.69, 9.17) is 0 Å². The van der Waals surface area contributed by atoms with E-state index in [1.165, 1.54) is 13.0 Å². The van der Waals surface area contributed by atoms with Crippen LogP contribution >= 0.6 is 0 Å². The largest absolute Gasteiger partial charge is 0.492 e. The molecule has 52 valence electrons. The molecule has 0 rings (SSSR count). The molecule has 0 aliphatic rings. The molecule has 0 radical (unpaired) electrons. The third kappa shape index (κ3) is 12.1. The van der Waals surface area contributed by atoms with E-state index in [-0.39, 0.29) is 39.9 Å². The van der Waals surface area contributed by atoms with Crippen LogP contribution in [0.2, 0.25) is 0 Å². The monoisotopic (exact) mass is 355 g/mol. The summed E-state index contributed by atoms with van der Waals surface area (Å²) < 4.78 is 33.5. The minimum absolute atomic E-state index is 0. The summed E-state index contributed by atoms with van der Waals surface area (Å²) in [5.74, 6) is 0. The smallest absolute Gasteiger partial charge is 0.363 e. The van der Waals surface area contributed by atoms with E-state index >= 15 is 0 Å². The molecule has 9 heavy (non-hydrogen) atoms. The SMILES string of the molecule is CC=[C-]CC(F)(F)F.[Th]. The molecular weight excluding hydrogens is 349 g/mol. The van der Waals surface area contributed by atoms with E-state index in [1.54, 1.807) is 0 Å². The molecule has 0 heterocycles. The first-order valence-electron chi connectivity index (χ1n) is 2.14. The Morgan fingerprint density at radius 1 is 1.44 bits per heavy atom. The van der Waals surface area contributed by atoms with Crippen LogP contribution in [0.25, 0.3) is 0 Å². The molecule has 0 aliphatic carbocycles. The van der Waals surface area contributed by atoms with Gasteiger partial charge in [0.05, 0.1) is 0 Å². The molecular formula is C5H6F3Th-. The van der Waals surface area contributed by atoms with Gasteiger partial charge in [-0.1, -0.05) is 13.3 Å². The third-order valence-corrected chi connectivity index (χ3v) is 0.507. The molecule has 0 spiro atoms. The maximum Gasteiger partial charge on any atom is 0.363 e. The Morgan fingerprint density at radius 3 is 2.00 bits per heavy atom. The molecule has 0 bridgehead atoms. The predicted molar refractivity (Wildman–Crippen MR) is 24.2 cm³/mol. The first-order valence-corrected chi connectivity index (χ1v) is 2.14. The van der Waals surface area contributed by atoms with Crippen molar-refractivity contribution >= 4 is 0 Å². The van der Waals surface area contributed by atoms with Crippen LogP contribution in [-0.4, -0.2) is 6.18 Å². The summed E-state index contributed by atoms with van der Waals surface area (Å²) in [4.78, 5) is 0. The number of alkyl halides is 3. The molecule has 0 fully saturated rings. The van der Waals surface area contributed by atoms with Crippen LogP contribution in [0.4, 0.5) is 13.2 Å². The minimum Gasteiger partial charge on any atom is -0.492 e. The molecule has 0 nitrogen and oxygen atoms in total. The van der Waals surface area contributed by atoms with Gasteiger partial charge in [0, 0.05) is 39.9 Å². The number of halogens is 3. The van der Waals surface area contributed by atoms with Crippen molar-refractivity contribution in [2.45, 2.75) is 19.5 Å². The Balaban J connectivity index is 0. The second-order valence-electron chi connectivity index (χ2n) is 1.28. The summed E-state index contributed by atoms with van der Waals surface area (Å²) in [6.45, 7) is 1.51. The average molecular weight is 355 g/mol. The van der Waals surface area contributed by atoms with Gasteiger partial charge in [0.1, 0.15) is 0 Å². The van der Waals surface area contributed by atoms with E-state index < -0.39 is 12.6 Å². The van der Waals surface area contributed by atoms with Crippen LogP contribution in [0.1, 0.15) is 13.3 Å². The van der Waals surface area contributed by atoms with E-state index in [0.717, 1.165) is 0 Å². The van der Waals surface area contributed by atoms with Gasteiger partial charge >= 0.3 is 6.18 Å². The van der Waals surface area contributed by atoms with Crippen molar-refractivity contribution in [2.75, 3.05) is 0 Å². The Kier molecular flexibility index (Phi) is 7.83. The summed E-state index contributed by atoms with van der Waals surface area (Å²) in [6, 6.07) is 0. The molecule has 0 unspecified atom stereocenters. The second kappa shape index (κ2) is 5.63. The maximum atomic E-state index is 11.2. The normalized spacial score (nSPS) is 11.6. The average Bonchev–Trinajstić information content (AvgIpc) is 1.59. The number of hydrogen-bond donors (Lipinski definition) is 0. The zero-order chi connectivity index (χ0) is 6.62. The van der Waals surface area contributed by atoms with Crippen LogP contribution in [0.5, 0.6) is 0 Å². The van der Waals surface area contributed by atoms with Crippen LogP contribution in [0.15, 0.2) is 6.08 Å². The first-order chi connectivity index (χ1) is 3.56. The van der Waals surface area contributed by atoms with E-state index in [0.29, 0.717) is 0 Å². The van der Waals surface area contributed by atoms with Crippen LogP contribution < -0.4 is 0 Å². The Hall–Kier alpha value is 0.855. The van der Waals surface area contributed by atoms with Crippen molar-refractivity contribution in [2.24, 2.45) is 0 Å². The van der Waals surface area contributed by atoms with Gasteiger partial charge in [-0.2, -0.15) is 13.2 Å². The molecule has 0 aromatic rings. The number of hydrogen-bond acceptors (Lipinski definition) is 0. The van der Waals surface area contributed by atoms with E-state index in [2.05, 4.69) is 0 Å². The van der Waals surface area contributed by atoms with Crippen molar-refractivity contribution in [1.29, 1.82) is 0 Å². The molecule has 0 aromatic heterocycles. The van der Waals surface area contributed by atoms with Gasteiger partial charge in [-0.25, -0.2) is 0 Å². The second-order valence-corrected chi connectivity index (χ2v) is 1.28. The molecule has 0 amide bonds. The van der Waals surface area contributed by atoms with Gasteiger partial charge in [-0.3, -0.25) is 6.08 Å². The van der Waals surface area contributed by atoms with Crippen molar-refractivity contribution in [3.8, 4) is 0 Å². The molecule has 0 N–H and O–H groups in total. The zero-order valence-electron chi connectivity index (χ0n) is 4.92. The predicted octanol–water partition coefficient (Wildman–Crippen LogP) is 2.32. The summed E-state index contributed by atoms with van der Waals surface area (Å²) >= 11 is 0. The van der Waals surface area contributed by atoms with Crippen molar-refractivity contribution in [1.82, 2.24) is 0 Å². The van der Waals surface area contributed by atoms with Crippen molar-refractivity contribution in [3.63, 3.8) is 0 Å².